The van der Waals surface area contributed by atoms with Gasteiger partial charge in [0.15, 0.2) is 5.84 Å². The second-order valence-electron chi connectivity index (χ2n) is 4.87. The van der Waals surface area contributed by atoms with Crippen molar-refractivity contribution in [2.45, 2.75) is 45.4 Å². The van der Waals surface area contributed by atoms with E-state index in [0.29, 0.717) is 0 Å². The first kappa shape index (κ1) is 11.7. The molecule has 0 saturated heterocycles. The lowest BCUT2D eigenvalue weighted by atomic mass is 10.1. The SMILES string of the molecule is CCCCCCCC1=NCC[N+]1(C)C. The van der Waals surface area contributed by atoms with Crippen LogP contribution in [0.15, 0.2) is 4.99 Å². The summed E-state index contributed by atoms with van der Waals surface area (Å²) in [4.78, 5) is 4.60. The Hall–Kier alpha value is -0.370. The Morgan fingerprint density at radius 2 is 1.86 bits per heavy atom. The Balaban J connectivity index is 2.12. The lowest BCUT2D eigenvalue weighted by molar-refractivity contribution is -0.793. The summed E-state index contributed by atoms with van der Waals surface area (Å²) < 4.78 is 1.04. The number of hydrogen-bond donors (Lipinski definition) is 0. The lowest BCUT2D eigenvalue weighted by Gasteiger charge is -2.24. The fourth-order valence-corrected chi connectivity index (χ4v) is 2.02. The smallest absolute Gasteiger partial charge is 0.197 e. The molecule has 0 saturated carbocycles. The highest BCUT2D eigenvalue weighted by Crippen LogP contribution is 2.14. The van der Waals surface area contributed by atoms with Gasteiger partial charge in [-0.2, -0.15) is 0 Å². The van der Waals surface area contributed by atoms with Crippen molar-refractivity contribution in [2.75, 3.05) is 27.2 Å². The van der Waals surface area contributed by atoms with Crippen LogP contribution in [0.3, 0.4) is 0 Å². The second-order valence-corrected chi connectivity index (χ2v) is 4.87. The van der Waals surface area contributed by atoms with Gasteiger partial charge in [0.2, 0.25) is 0 Å². The highest BCUT2D eigenvalue weighted by Gasteiger charge is 2.27. The summed E-state index contributed by atoms with van der Waals surface area (Å²) in [5.74, 6) is 1.42. The van der Waals surface area contributed by atoms with E-state index >= 15 is 0 Å². The van der Waals surface area contributed by atoms with Gasteiger partial charge in [0, 0.05) is 6.42 Å². The molecule has 0 aromatic rings. The molecule has 0 fully saturated rings. The standard InChI is InChI=1S/C12H25N2/c1-4-5-6-7-8-9-12-13-10-11-14(12,2)3/h4-11H2,1-3H3/q+1. The summed E-state index contributed by atoms with van der Waals surface area (Å²) in [5, 5.41) is 0. The van der Waals surface area contributed by atoms with Crippen molar-refractivity contribution in [2.24, 2.45) is 4.99 Å². The summed E-state index contributed by atoms with van der Waals surface area (Å²) in [6.45, 7) is 4.50. The third kappa shape index (κ3) is 3.41. The first-order chi connectivity index (χ1) is 6.67. The molecule has 0 atom stereocenters. The zero-order valence-corrected chi connectivity index (χ0v) is 10.1. The van der Waals surface area contributed by atoms with E-state index in [1.54, 1.807) is 0 Å². The molecule has 0 spiro atoms. The third-order valence-electron chi connectivity index (χ3n) is 3.16. The van der Waals surface area contributed by atoms with E-state index < -0.39 is 0 Å². The van der Waals surface area contributed by atoms with E-state index in [1.807, 2.05) is 0 Å². The van der Waals surface area contributed by atoms with Crippen molar-refractivity contribution in [3.63, 3.8) is 0 Å². The van der Waals surface area contributed by atoms with Crippen LogP contribution in [0, 0.1) is 0 Å². The van der Waals surface area contributed by atoms with Crippen molar-refractivity contribution in [1.82, 2.24) is 0 Å². The second kappa shape index (κ2) is 5.50. The van der Waals surface area contributed by atoms with Crippen LogP contribution in [0.25, 0.3) is 0 Å². The largest absolute Gasteiger partial charge is 0.282 e. The van der Waals surface area contributed by atoms with Crippen LogP contribution < -0.4 is 0 Å². The number of likely N-dealkylation sites (N-methyl/N-ethyl adjacent to an activating group) is 1. The molecule has 14 heavy (non-hydrogen) atoms. The van der Waals surface area contributed by atoms with Crippen LogP contribution in [0.2, 0.25) is 0 Å². The van der Waals surface area contributed by atoms with Gasteiger partial charge in [-0.15, -0.1) is 0 Å². The number of quaternary nitrogens is 1. The average molecular weight is 197 g/mol. The lowest BCUT2D eigenvalue weighted by Crippen LogP contribution is -2.42. The summed E-state index contributed by atoms with van der Waals surface area (Å²) in [6, 6.07) is 0. The van der Waals surface area contributed by atoms with E-state index in [0.717, 1.165) is 11.0 Å². The minimum atomic E-state index is 1.04. The Morgan fingerprint density at radius 3 is 2.43 bits per heavy atom. The minimum absolute atomic E-state index is 1.04. The van der Waals surface area contributed by atoms with Crippen LogP contribution in [-0.2, 0) is 0 Å². The Bertz CT molecular complexity index is 194. The Morgan fingerprint density at radius 1 is 1.14 bits per heavy atom. The van der Waals surface area contributed by atoms with E-state index in [1.165, 1.54) is 50.9 Å². The normalized spacial score (nSPS) is 19.8. The summed E-state index contributed by atoms with van der Waals surface area (Å²) in [7, 11) is 4.55. The van der Waals surface area contributed by atoms with Crippen LogP contribution >= 0.6 is 0 Å². The average Bonchev–Trinajstić information content (AvgIpc) is 2.45. The zero-order chi connectivity index (χ0) is 10.4. The van der Waals surface area contributed by atoms with Crippen LogP contribution in [0.5, 0.6) is 0 Å². The fraction of sp³-hybridized carbons (Fsp3) is 0.917. The molecule has 0 aliphatic carbocycles. The van der Waals surface area contributed by atoms with Gasteiger partial charge < -0.3 is 0 Å². The zero-order valence-electron chi connectivity index (χ0n) is 10.1. The van der Waals surface area contributed by atoms with Crippen molar-refractivity contribution in [1.29, 1.82) is 0 Å². The van der Waals surface area contributed by atoms with Crippen LogP contribution in [0.4, 0.5) is 0 Å². The fourth-order valence-electron chi connectivity index (χ4n) is 2.02. The molecule has 0 amide bonds. The number of aliphatic imine (C=N–C) groups is 1. The van der Waals surface area contributed by atoms with Crippen molar-refractivity contribution in [3.8, 4) is 0 Å². The molecule has 2 nitrogen and oxygen atoms in total. The number of hydrogen-bond acceptors (Lipinski definition) is 1. The molecule has 1 aliphatic heterocycles. The monoisotopic (exact) mass is 197 g/mol. The van der Waals surface area contributed by atoms with Gasteiger partial charge >= 0.3 is 0 Å². The van der Waals surface area contributed by atoms with Crippen LogP contribution in [0.1, 0.15) is 45.4 Å². The molecular formula is C12H25N2+. The van der Waals surface area contributed by atoms with Crippen molar-refractivity contribution in [3.05, 3.63) is 0 Å². The van der Waals surface area contributed by atoms with Crippen molar-refractivity contribution < 1.29 is 4.48 Å². The molecule has 1 aliphatic rings. The summed E-state index contributed by atoms with van der Waals surface area (Å²) in [6.07, 6.45) is 8.06. The minimum Gasteiger partial charge on any atom is -0.282 e. The van der Waals surface area contributed by atoms with Gasteiger partial charge in [-0.05, 0) is 6.42 Å². The highest BCUT2D eigenvalue weighted by atomic mass is 15.4. The molecule has 0 aromatic heterocycles. The molecule has 0 N–H and O–H groups in total. The molecule has 0 unspecified atom stereocenters. The number of rotatable bonds is 6. The van der Waals surface area contributed by atoms with E-state index in [2.05, 4.69) is 26.0 Å². The number of nitrogens with zero attached hydrogens (tertiary/aromatic N) is 2. The molecule has 0 aromatic carbocycles. The molecular weight excluding hydrogens is 172 g/mol. The van der Waals surface area contributed by atoms with E-state index in [9.17, 15) is 0 Å². The molecule has 1 rings (SSSR count). The topological polar surface area (TPSA) is 12.4 Å². The van der Waals surface area contributed by atoms with Gasteiger partial charge in [-0.3, -0.25) is 4.48 Å². The molecule has 0 bridgehead atoms. The number of amidine groups is 1. The van der Waals surface area contributed by atoms with E-state index in [-0.39, 0.29) is 0 Å². The Labute approximate surface area is 88.6 Å². The van der Waals surface area contributed by atoms with Gasteiger partial charge in [-0.25, -0.2) is 4.99 Å². The summed E-state index contributed by atoms with van der Waals surface area (Å²) >= 11 is 0. The third-order valence-corrected chi connectivity index (χ3v) is 3.16. The highest BCUT2D eigenvalue weighted by molar-refractivity contribution is 5.76. The van der Waals surface area contributed by atoms with Gasteiger partial charge in [0.25, 0.3) is 0 Å². The summed E-state index contributed by atoms with van der Waals surface area (Å²) in [5.41, 5.74) is 0. The van der Waals surface area contributed by atoms with E-state index in [4.69, 9.17) is 0 Å². The van der Waals surface area contributed by atoms with Crippen LogP contribution in [-0.4, -0.2) is 37.5 Å². The first-order valence-corrected chi connectivity index (χ1v) is 6.03. The molecule has 82 valence electrons. The van der Waals surface area contributed by atoms with Gasteiger partial charge in [0.05, 0.1) is 20.6 Å². The maximum absolute atomic E-state index is 4.60. The van der Waals surface area contributed by atoms with Crippen molar-refractivity contribution >= 4 is 5.84 Å². The molecule has 0 radical (unpaired) electrons. The molecule has 2 heteroatoms. The Kier molecular flexibility index (Phi) is 4.59. The first-order valence-electron chi connectivity index (χ1n) is 6.03. The number of unbranched alkanes of at least 4 members (excludes halogenated alkanes) is 4. The maximum Gasteiger partial charge on any atom is 0.197 e. The molecule has 1 heterocycles. The van der Waals surface area contributed by atoms with Gasteiger partial charge in [0.1, 0.15) is 6.54 Å². The predicted octanol–water partition coefficient (Wildman–Crippen LogP) is 2.84. The maximum atomic E-state index is 4.60. The predicted molar refractivity (Wildman–Crippen MR) is 62.7 cm³/mol. The quantitative estimate of drug-likeness (QED) is 0.458. The van der Waals surface area contributed by atoms with Gasteiger partial charge in [-0.1, -0.05) is 32.6 Å².